The quantitative estimate of drug-likeness (QED) is 0.337. The highest BCUT2D eigenvalue weighted by molar-refractivity contribution is 14.0. The number of hydrogen-bond acceptors (Lipinski definition) is 4. The summed E-state index contributed by atoms with van der Waals surface area (Å²) in [5.74, 6) is 0.908. The molecule has 1 aliphatic heterocycles. The van der Waals surface area contributed by atoms with Crippen molar-refractivity contribution in [2.75, 3.05) is 26.8 Å². The second-order valence-electron chi connectivity index (χ2n) is 5.50. The highest BCUT2D eigenvalue weighted by Gasteiger charge is 2.17. The Balaban J connectivity index is 0.00000338. The van der Waals surface area contributed by atoms with Crippen molar-refractivity contribution >= 4 is 29.9 Å². The summed E-state index contributed by atoms with van der Waals surface area (Å²) in [5, 5.41) is 6.27. The third-order valence-electron chi connectivity index (χ3n) is 3.76. The first-order valence-corrected chi connectivity index (χ1v) is 8.39. The summed E-state index contributed by atoms with van der Waals surface area (Å²) in [6, 6.07) is 5.05. The maximum Gasteiger partial charge on any atom is 0.387 e. The lowest BCUT2D eigenvalue weighted by molar-refractivity contribution is -0.0520. The van der Waals surface area contributed by atoms with Crippen LogP contribution in [0.25, 0.3) is 0 Å². The molecule has 26 heavy (non-hydrogen) atoms. The summed E-state index contributed by atoms with van der Waals surface area (Å²) in [5.41, 5.74) is 0.561. The van der Waals surface area contributed by atoms with Crippen LogP contribution in [0.4, 0.5) is 8.78 Å². The van der Waals surface area contributed by atoms with E-state index >= 15 is 0 Å². The summed E-state index contributed by atoms with van der Waals surface area (Å²) in [4.78, 5) is 4.13. The highest BCUT2D eigenvalue weighted by atomic mass is 127. The molecule has 9 heteroatoms. The SMILES string of the molecule is CCOc1cccc(CNC(=NC)NCC2CCCO2)c1OC(F)F.I. The molecule has 1 saturated heterocycles. The number of rotatable bonds is 8. The van der Waals surface area contributed by atoms with Gasteiger partial charge in [-0.2, -0.15) is 8.78 Å². The van der Waals surface area contributed by atoms with Crippen molar-refractivity contribution in [1.29, 1.82) is 0 Å². The predicted molar refractivity (Wildman–Crippen MR) is 107 cm³/mol. The zero-order valence-electron chi connectivity index (χ0n) is 15.0. The van der Waals surface area contributed by atoms with Crippen molar-refractivity contribution in [1.82, 2.24) is 10.6 Å². The van der Waals surface area contributed by atoms with Gasteiger partial charge in [-0.1, -0.05) is 12.1 Å². The predicted octanol–water partition coefficient (Wildman–Crippen LogP) is 3.15. The topological polar surface area (TPSA) is 64.1 Å². The maximum atomic E-state index is 12.7. The van der Waals surface area contributed by atoms with Gasteiger partial charge in [0.1, 0.15) is 0 Å². The Morgan fingerprint density at radius 3 is 2.81 bits per heavy atom. The van der Waals surface area contributed by atoms with E-state index in [1.54, 1.807) is 32.2 Å². The van der Waals surface area contributed by atoms with Gasteiger partial charge in [0.25, 0.3) is 0 Å². The molecule has 0 spiro atoms. The molecule has 1 atom stereocenters. The molecule has 0 saturated carbocycles. The van der Waals surface area contributed by atoms with Crippen LogP contribution in [0.1, 0.15) is 25.3 Å². The molecule has 2 N–H and O–H groups in total. The summed E-state index contributed by atoms with van der Waals surface area (Å²) in [7, 11) is 1.65. The Bertz CT molecular complexity index is 570. The molecule has 0 aliphatic carbocycles. The molecule has 0 amide bonds. The van der Waals surface area contributed by atoms with Gasteiger partial charge in [0.05, 0.1) is 12.7 Å². The molecule has 1 fully saturated rings. The largest absolute Gasteiger partial charge is 0.490 e. The summed E-state index contributed by atoms with van der Waals surface area (Å²) in [6.07, 6.45) is 2.27. The minimum absolute atomic E-state index is 0. The Morgan fingerprint density at radius 2 is 2.19 bits per heavy atom. The van der Waals surface area contributed by atoms with Crippen LogP contribution in [0.15, 0.2) is 23.2 Å². The maximum absolute atomic E-state index is 12.7. The van der Waals surface area contributed by atoms with E-state index in [9.17, 15) is 8.78 Å². The summed E-state index contributed by atoms with van der Waals surface area (Å²) < 4.78 is 41.0. The first-order chi connectivity index (χ1) is 12.1. The van der Waals surface area contributed by atoms with Crippen molar-refractivity contribution in [3.63, 3.8) is 0 Å². The molecule has 1 heterocycles. The van der Waals surface area contributed by atoms with Gasteiger partial charge >= 0.3 is 6.61 Å². The molecule has 148 valence electrons. The number of ether oxygens (including phenoxy) is 3. The van der Waals surface area contributed by atoms with Gasteiger partial charge in [0.15, 0.2) is 17.5 Å². The monoisotopic (exact) mass is 485 g/mol. The fourth-order valence-corrected chi connectivity index (χ4v) is 2.61. The van der Waals surface area contributed by atoms with Crippen molar-refractivity contribution in [2.45, 2.75) is 39.0 Å². The molecular formula is C17H26F2IN3O3. The third kappa shape index (κ3) is 7.10. The van der Waals surface area contributed by atoms with Gasteiger partial charge in [-0.3, -0.25) is 4.99 Å². The smallest absolute Gasteiger partial charge is 0.387 e. The highest BCUT2D eigenvalue weighted by Crippen LogP contribution is 2.32. The molecule has 1 aliphatic rings. The molecule has 0 bridgehead atoms. The minimum atomic E-state index is -2.92. The van der Waals surface area contributed by atoms with Gasteiger partial charge < -0.3 is 24.8 Å². The lowest BCUT2D eigenvalue weighted by atomic mass is 10.2. The molecule has 0 aromatic heterocycles. The average molecular weight is 485 g/mol. The number of guanidine groups is 1. The fourth-order valence-electron chi connectivity index (χ4n) is 2.61. The van der Waals surface area contributed by atoms with Crippen molar-refractivity contribution < 1.29 is 23.0 Å². The van der Waals surface area contributed by atoms with Crippen LogP contribution in [0.2, 0.25) is 0 Å². The van der Waals surface area contributed by atoms with Gasteiger partial charge in [-0.15, -0.1) is 24.0 Å². The van der Waals surface area contributed by atoms with Gasteiger partial charge in [0.2, 0.25) is 0 Å². The number of nitrogens with zero attached hydrogens (tertiary/aromatic N) is 1. The van der Waals surface area contributed by atoms with Crippen molar-refractivity contribution in [2.24, 2.45) is 4.99 Å². The number of aliphatic imine (C=N–C) groups is 1. The van der Waals surface area contributed by atoms with E-state index in [-0.39, 0.29) is 42.4 Å². The van der Waals surface area contributed by atoms with Crippen molar-refractivity contribution in [3.8, 4) is 11.5 Å². The van der Waals surface area contributed by atoms with Crippen LogP contribution in [0.5, 0.6) is 11.5 Å². The number of nitrogens with one attached hydrogen (secondary N) is 2. The number of alkyl halides is 2. The zero-order chi connectivity index (χ0) is 18.1. The molecule has 1 aromatic rings. The van der Waals surface area contributed by atoms with Crippen LogP contribution in [0, 0.1) is 0 Å². The molecule has 6 nitrogen and oxygen atoms in total. The van der Waals surface area contributed by atoms with E-state index in [0.717, 1.165) is 19.4 Å². The number of halogens is 3. The lowest BCUT2D eigenvalue weighted by Crippen LogP contribution is -2.40. The number of para-hydroxylation sites is 1. The van der Waals surface area contributed by atoms with Crippen molar-refractivity contribution in [3.05, 3.63) is 23.8 Å². The van der Waals surface area contributed by atoms with E-state index < -0.39 is 6.61 Å². The molecular weight excluding hydrogens is 459 g/mol. The Labute approximate surface area is 169 Å². The number of benzene rings is 1. The van der Waals surface area contributed by atoms with Gasteiger partial charge in [-0.25, -0.2) is 0 Å². The van der Waals surface area contributed by atoms with Crippen LogP contribution in [-0.2, 0) is 11.3 Å². The van der Waals surface area contributed by atoms with E-state index in [2.05, 4.69) is 20.4 Å². The fraction of sp³-hybridized carbons (Fsp3) is 0.588. The second-order valence-corrected chi connectivity index (χ2v) is 5.50. The van der Waals surface area contributed by atoms with E-state index in [4.69, 9.17) is 9.47 Å². The van der Waals surface area contributed by atoms with E-state index in [1.807, 2.05) is 0 Å². The third-order valence-corrected chi connectivity index (χ3v) is 3.76. The minimum Gasteiger partial charge on any atom is -0.490 e. The molecule has 1 aromatic carbocycles. The zero-order valence-corrected chi connectivity index (χ0v) is 17.3. The molecule has 2 rings (SSSR count). The lowest BCUT2D eigenvalue weighted by Gasteiger charge is -2.18. The van der Waals surface area contributed by atoms with E-state index in [1.165, 1.54) is 0 Å². The standard InChI is InChI=1S/C17H25F2N3O3.HI/c1-3-23-14-8-4-6-12(15(14)25-16(18)19)10-21-17(20-2)22-11-13-7-5-9-24-13;/h4,6,8,13,16H,3,5,7,9-11H2,1-2H3,(H2,20,21,22);1H. The van der Waals surface area contributed by atoms with E-state index in [0.29, 0.717) is 30.4 Å². The van der Waals surface area contributed by atoms with Crippen LogP contribution >= 0.6 is 24.0 Å². The molecule has 1 unspecified atom stereocenters. The first-order valence-electron chi connectivity index (χ1n) is 8.39. The van der Waals surface area contributed by atoms with Gasteiger partial charge in [0, 0.05) is 32.3 Å². The summed E-state index contributed by atoms with van der Waals surface area (Å²) in [6.45, 7) is 0.941. The van der Waals surface area contributed by atoms with Gasteiger partial charge in [-0.05, 0) is 25.8 Å². The number of hydrogen-bond donors (Lipinski definition) is 2. The normalized spacial score (nSPS) is 17.0. The average Bonchev–Trinajstić information content (AvgIpc) is 3.10. The van der Waals surface area contributed by atoms with Crippen LogP contribution in [-0.4, -0.2) is 45.5 Å². The Hall–Kier alpha value is -1.36. The van der Waals surface area contributed by atoms with Crippen LogP contribution < -0.4 is 20.1 Å². The molecule has 0 radical (unpaired) electrons. The second kappa shape index (κ2) is 12.1. The van der Waals surface area contributed by atoms with Crippen LogP contribution in [0.3, 0.4) is 0 Å². The first kappa shape index (κ1) is 22.7. The Morgan fingerprint density at radius 1 is 1.38 bits per heavy atom. The summed E-state index contributed by atoms with van der Waals surface area (Å²) >= 11 is 0. The Kier molecular flexibility index (Phi) is 10.6.